The molecule has 1 amide bonds. The molecule has 22 heavy (non-hydrogen) atoms. The van der Waals surface area contributed by atoms with Crippen molar-refractivity contribution in [3.05, 3.63) is 18.1 Å². The van der Waals surface area contributed by atoms with Crippen LogP contribution in [0.15, 0.2) is 17.4 Å². The molecule has 0 saturated carbocycles. The van der Waals surface area contributed by atoms with Gasteiger partial charge in [0.05, 0.1) is 25.5 Å². The first-order valence-corrected chi connectivity index (χ1v) is 7.55. The van der Waals surface area contributed by atoms with Crippen LogP contribution in [0, 0.1) is 0 Å². The molecule has 0 unspecified atom stereocenters. The van der Waals surface area contributed by atoms with Gasteiger partial charge in [-0.25, -0.2) is 9.78 Å². The van der Waals surface area contributed by atoms with Crippen LogP contribution in [0.2, 0.25) is 0 Å². The summed E-state index contributed by atoms with van der Waals surface area (Å²) in [7, 11) is 0. The summed E-state index contributed by atoms with van der Waals surface area (Å²) in [5, 5.41) is 3.20. The number of carbonyl (C=O) groups is 1. The summed E-state index contributed by atoms with van der Waals surface area (Å²) >= 11 is 0. The van der Waals surface area contributed by atoms with Crippen LogP contribution in [-0.4, -0.2) is 72.7 Å². The molecule has 0 aliphatic carbocycles. The van der Waals surface area contributed by atoms with Crippen molar-refractivity contribution in [2.24, 2.45) is 4.99 Å². The molecule has 0 radical (unpaired) electrons. The molecule has 8 nitrogen and oxygen atoms in total. The zero-order chi connectivity index (χ0) is 15.4. The number of nitrogens with zero attached hydrogens (tertiary/aromatic N) is 5. The Morgan fingerprint density at radius 3 is 2.82 bits per heavy atom. The van der Waals surface area contributed by atoms with E-state index in [0.717, 1.165) is 43.5 Å². The van der Waals surface area contributed by atoms with Gasteiger partial charge in [0.1, 0.15) is 17.3 Å². The molecule has 2 aliphatic rings. The fraction of sp³-hybridized carbons (Fsp3) is 0.571. The third-order valence-corrected chi connectivity index (χ3v) is 3.67. The predicted molar refractivity (Wildman–Crippen MR) is 82.2 cm³/mol. The number of rotatable bonds is 3. The second-order valence-corrected chi connectivity index (χ2v) is 5.09. The van der Waals surface area contributed by atoms with Crippen LogP contribution >= 0.6 is 0 Å². The second kappa shape index (κ2) is 6.59. The standard InChI is InChI=1S/C14H20N6O2/c1-2-22-14(21)20-7-5-19(6-8-20)12-10-15-9-11(18-12)13-16-3-4-17-13/h9-10H,2-8H2,1H3,(H,16,17). The Bertz CT molecular complexity index is 568. The highest BCUT2D eigenvalue weighted by Crippen LogP contribution is 2.14. The van der Waals surface area contributed by atoms with Crippen molar-refractivity contribution in [3.63, 3.8) is 0 Å². The number of piperazine rings is 1. The van der Waals surface area contributed by atoms with Crippen molar-refractivity contribution >= 4 is 17.7 Å². The second-order valence-electron chi connectivity index (χ2n) is 5.09. The molecule has 1 N–H and O–H groups in total. The van der Waals surface area contributed by atoms with Crippen LogP contribution in [0.4, 0.5) is 10.6 Å². The minimum absolute atomic E-state index is 0.244. The largest absolute Gasteiger partial charge is 0.450 e. The van der Waals surface area contributed by atoms with Crippen LogP contribution in [0.25, 0.3) is 0 Å². The van der Waals surface area contributed by atoms with Crippen molar-refractivity contribution in [2.45, 2.75) is 6.92 Å². The van der Waals surface area contributed by atoms with Gasteiger partial charge in [0.15, 0.2) is 0 Å². The molecular weight excluding hydrogens is 284 g/mol. The van der Waals surface area contributed by atoms with Gasteiger partial charge in [-0.1, -0.05) is 0 Å². The molecule has 2 aliphatic heterocycles. The van der Waals surface area contributed by atoms with E-state index < -0.39 is 0 Å². The van der Waals surface area contributed by atoms with Crippen molar-refractivity contribution in [2.75, 3.05) is 50.8 Å². The molecule has 0 aromatic carbocycles. The van der Waals surface area contributed by atoms with E-state index >= 15 is 0 Å². The number of hydrogen-bond donors (Lipinski definition) is 1. The summed E-state index contributed by atoms with van der Waals surface area (Å²) in [6.45, 7) is 6.54. The average molecular weight is 304 g/mol. The van der Waals surface area contributed by atoms with E-state index in [4.69, 9.17) is 4.74 Å². The van der Waals surface area contributed by atoms with Gasteiger partial charge in [-0.2, -0.15) is 0 Å². The first-order valence-electron chi connectivity index (χ1n) is 7.55. The maximum atomic E-state index is 11.7. The van der Waals surface area contributed by atoms with Gasteiger partial charge >= 0.3 is 6.09 Å². The monoisotopic (exact) mass is 304 g/mol. The molecule has 3 heterocycles. The highest BCUT2D eigenvalue weighted by Gasteiger charge is 2.23. The zero-order valence-electron chi connectivity index (χ0n) is 12.7. The molecule has 0 bridgehead atoms. The topological polar surface area (TPSA) is 83.0 Å². The Labute approximate surface area is 129 Å². The van der Waals surface area contributed by atoms with E-state index in [1.165, 1.54) is 0 Å². The average Bonchev–Trinajstić information content (AvgIpc) is 3.10. The summed E-state index contributed by atoms with van der Waals surface area (Å²) in [5.74, 6) is 1.62. The molecule has 8 heteroatoms. The summed E-state index contributed by atoms with van der Waals surface area (Å²) in [4.78, 5) is 28.8. The predicted octanol–water partition coefficient (Wildman–Crippen LogP) is 0.105. The highest BCUT2D eigenvalue weighted by molar-refractivity contribution is 5.98. The summed E-state index contributed by atoms with van der Waals surface area (Å²) < 4.78 is 5.03. The fourth-order valence-corrected chi connectivity index (χ4v) is 2.52. The van der Waals surface area contributed by atoms with Crippen LogP contribution < -0.4 is 10.2 Å². The van der Waals surface area contributed by atoms with Gasteiger partial charge in [-0.3, -0.25) is 9.98 Å². The van der Waals surface area contributed by atoms with Gasteiger partial charge in [-0.15, -0.1) is 0 Å². The SMILES string of the molecule is CCOC(=O)N1CCN(c2cncc(C3=NCCN3)n2)CC1. The lowest BCUT2D eigenvalue weighted by Gasteiger charge is -2.34. The van der Waals surface area contributed by atoms with Crippen molar-refractivity contribution in [3.8, 4) is 0 Å². The number of nitrogens with one attached hydrogen (secondary N) is 1. The van der Waals surface area contributed by atoms with Gasteiger partial charge in [0.2, 0.25) is 0 Å². The van der Waals surface area contributed by atoms with Crippen LogP contribution in [-0.2, 0) is 4.74 Å². The lowest BCUT2D eigenvalue weighted by molar-refractivity contribution is 0.105. The fourth-order valence-electron chi connectivity index (χ4n) is 2.52. The van der Waals surface area contributed by atoms with E-state index in [1.54, 1.807) is 17.3 Å². The van der Waals surface area contributed by atoms with Gasteiger partial charge in [0, 0.05) is 32.7 Å². The van der Waals surface area contributed by atoms with E-state index in [1.807, 2.05) is 6.92 Å². The van der Waals surface area contributed by atoms with Gasteiger partial charge in [-0.05, 0) is 6.92 Å². The Morgan fingerprint density at radius 2 is 2.14 bits per heavy atom. The van der Waals surface area contributed by atoms with E-state index in [-0.39, 0.29) is 6.09 Å². The van der Waals surface area contributed by atoms with Crippen LogP contribution in [0.5, 0.6) is 0 Å². The van der Waals surface area contributed by atoms with Crippen LogP contribution in [0.3, 0.4) is 0 Å². The van der Waals surface area contributed by atoms with Gasteiger partial charge in [0.25, 0.3) is 0 Å². The van der Waals surface area contributed by atoms with E-state index in [2.05, 4.69) is 25.2 Å². The normalized spacial score (nSPS) is 18.0. The maximum Gasteiger partial charge on any atom is 0.409 e. The summed E-state index contributed by atoms with van der Waals surface area (Å²) in [5.41, 5.74) is 0.767. The molecule has 1 saturated heterocycles. The molecule has 1 aromatic rings. The number of carbonyl (C=O) groups excluding carboxylic acids is 1. The van der Waals surface area contributed by atoms with E-state index in [9.17, 15) is 4.79 Å². The minimum atomic E-state index is -0.244. The number of ether oxygens (including phenoxy) is 1. The van der Waals surface area contributed by atoms with Crippen LogP contribution in [0.1, 0.15) is 12.6 Å². The molecule has 0 spiro atoms. The molecular formula is C14H20N6O2. The van der Waals surface area contributed by atoms with Crippen molar-refractivity contribution < 1.29 is 9.53 Å². The van der Waals surface area contributed by atoms with Crippen molar-refractivity contribution in [1.82, 2.24) is 20.2 Å². The zero-order valence-corrected chi connectivity index (χ0v) is 12.7. The smallest absolute Gasteiger partial charge is 0.409 e. The number of amides is 1. The Hall–Kier alpha value is -2.38. The summed E-state index contributed by atoms with van der Waals surface area (Å²) in [6.07, 6.45) is 3.22. The molecule has 1 fully saturated rings. The minimum Gasteiger partial charge on any atom is -0.450 e. The molecule has 0 atom stereocenters. The maximum absolute atomic E-state index is 11.7. The first kappa shape index (κ1) is 14.6. The Kier molecular flexibility index (Phi) is 4.36. The summed E-state index contributed by atoms with van der Waals surface area (Å²) in [6, 6.07) is 0. The highest BCUT2D eigenvalue weighted by atomic mass is 16.6. The number of aromatic nitrogens is 2. The Morgan fingerprint density at radius 1 is 1.32 bits per heavy atom. The lowest BCUT2D eigenvalue weighted by atomic mass is 10.3. The molecule has 3 rings (SSSR count). The quantitative estimate of drug-likeness (QED) is 0.853. The third kappa shape index (κ3) is 3.10. The molecule has 1 aromatic heterocycles. The third-order valence-electron chi connectivity index (χ3n) is 3.67. The Balaban J connectivity index is 1.64. The van der Waals surface area contributed by atoms with Crippen molar-refractivity contribution in [1.29, 1.82) is 0 Å². The first-order chi connectivity index (χ1) is 10.8. The van der Waals surface area contributed by atoms with E-state index in [0.29, 0.717) is 19.7 Å². The lowest BCUT2D eigenvalue weighted by Crippen LogP contribution is -2.49. The van der Waals surface area contributed by atoms with Gasteiger partial charge < -0.3 is 19.9 Å². The number of amidine groups is 1. The number of hydrogen-bond acceptors (Lipinski definition) is 7. The number of anilines is 1. The number of aliphatic imine (C=N–C) groups is 1. The molecule has 118 valence electrons.